The number of furan rings is 1. The smallest absolute Gasteiger partial charge is 0.126 e. The third-order valence-electron chi connectivity index (χ3n) is 2.98. The van der Waals surface area contributed by atoms with E-state index in [-0.39, 0.29) is 11.9 Å². The molecule has 0 spiro atoms. The second kappa shape index (κ2) is 4.13. The molecule has 1 aromatic heterocycles. The molecule has 0 saturated heterocycles. The Morgan fingerprint density at radius 2 is 2.06 bits per heavy atom. The predicted molar refractivity (Wildman–Crippen MR) is 64.7 cm³/mol. The van der Waals surface area contributed by atoms with Crippen molar-refractivity contribution in [3.8, 4) is 0 Å². The van der Waals surface area contributed by atoms with Crippen LogP contribution in [0.5, 0.6) is 0 Å². The summed E-state index contributed by atoms with van der Waals surface area (Å²) in [7, 11) is 0. The Bertz CT molecular complexity index is 524. The number of anilines is 2. The number of fused-ring (bicyclic) bond motifs is 1. The van der Waals surface area contributed by atoms with Crippen LogP contribution in [0.25, 0.3) is 0 Å². The van der Waals surface area contributed by atoms with Crippen molar-refractivity contribution in [2.45, 2.75) is 12.5 Å². The first-order valence-electron chi connectivity index (χ1n) is 5.63. The van der Waals surface area contributed by atoms with Gasteiger partial charge in [0, 0.05) is 12.6 Å². The van der Waals surface area contributed by atoms with Crippen molar-refractivity contribution >= 4 is 11.4 Å². The first-order chi connectivity index (χ1) is 8.33. The Balaban J connectivity index is 1.74. The molecule has 3 rings (SSSR count). The Labute approximate surface area is 98.6 Å². The minimum atomic E-state index is -0.146. The number of benzene rings is 1. The summed E-state index contributed by atoms with van der Waals surface area (Å²) in [4.78, 5) is 0. The zero-order valence-corrected chi connectivity index (χ0v) is 9.24. The van der Waals surface area contributed by atoms with Crippen LogP contribution in [0.15, 0.2) is 41.2 Å². The molecule has 0 amide bonds. The van der Waals surface area contributed by atoms with Gasteiger partial charge < -0.3 is 15.1 Å². The van der Waals surface area contributed by atoms with Crippen LogP contribution in [0, 0.1) is 5.82 Å². The molecule has 1 unspecified atom stereocenters. The van der Waals surface area contributed by atoms with Gasteiger partial charge in [0.2, 0.25) is 0 Å². The van der Waals surface area contributed by atoms with E-state index in [1.807, 2.05) is 12.1 Å². The molecule has 1 atom stereocenters. The molecular formula is C13H13FN2O. The SMILES string of the molecule is Fc1ccccc1CC1CNc2cocc2N1. The summed E-state index contributed by atoms with van der Waals surface area (Å²) in [6, 6.07) is 7.06. The van der Waals surface area contributed by atoms with Gasteiger partial charge in [-0.1, -0.05) is 18.2 Å². The number of hydrogen-bond donors (Lipinski definition) is 2. The van der Waals surface area contributed by atoms with Crippen molar-refractivity contribution in [1.29, 1.82) is 0 Å². The van der Waals surface area contributed by atoms with E-state index in [0.29, 0.717) is 6.42 Å². The van der Waals surface area contributed by atoms with Gasteiger partial charge in [0.25, 0.3) is 0 Å². The number of rotatable bonds is 2. The van der Waals surface area contributed by atoms with Crippen molar-refractivity contribution in [2.24, 2.45) is 0 Å². The Morgan fingerprint density at radius 1 is 1.24 bits per heavy atom. The molecule has 0 fully saturated rings. The normalized spacial score (nSPS) is 18.1. The summed E-state index contributed by atoms with van der Waals surface area (Å²) in [5.41, 5.74) is 2.64. The van der Waals surface area contributed by atoms with Crippen molar-refractivity contribution in [2.75, 3.05) is 17.2 Å². The van der Waals surface area contributed by atoms with Gasteiger partial charge >= 0.3 is 0 Å². The Kier molecular flexibility index (Phi) is 2.48. The summed E-state index contributed by atoms with van der Waals surface area (Å²) in [6.07, 6.45) is 3.99. The van der Waals surface area contributed by atoms with Crippen LogP contribution in [0.1, 0.15) is 5.56 Å². The molecule has 4 heteroatoms. The van der Waals surface area contributed by atoms with Gasteiger partial charge in [-0.2, -0.15) is 0 Å². The van der Waals surface area contributed by atoms with Crippen LogP contribution in [0.2, 0.25) is 0 Å². The fourth-order valence-corrected chi connectivity index (χ4v) is 2.10. The van der Waals surface area contributed by atoms with Gasteiger partial charge in [0.15, 0.2) is 0 Å². The molecule has 0 aliphatic carbocycles. The first-order valence-corrected chi connectivity index (χ1v) is 5.63. The van der Waals surface area contributed by atoms with E-state index in [1.165, 1.54) is 6.07 Å². The lowest BCUT2D eigenvalue weighted by molar-refractivity contribution is 0.569. The monoisotopic (exact) mass is 232 g/mol. The number of hydrogen-bond acceptors (Lipinski definition) is 3. The highest BCUT2D eigenvalue weighted by molar-refractivity contribution is 5.69. The van der Waals surface area contributed by atoms with Gasteiger partial charge in [-0.3, -0.25) is 0 Å². The maximum absolute atomic E-state index is 13.5. The first kappa shape index (κ1) is 10.2. The second-order valence-corrected chi connectivity index (χ2v) is 4.22. The molecule has 0 radical (unpaired) electrons. The van der Waals surface area contributed by atoms with E-state index in [0.717, 1.165) is 23.5 Å². The van der Waals surface area contributed by atoms with Crippen molar-refractivity contribution in [1.82, 2.24) is 0 Å². The van der Waals surface area contributed by atoms with Gasteiger partial charge in [-0.05, 0) is 18.1 Å². The topological polar surface area (TPSA) is 37.2 Å². The average molecular weight is 232 g/mol. The molecule has 17 heavy (non-hydrogen) atoms. The molecular weight excluding hydrogens is 219 g/mol. The molecule has 1 aliphatic heterocycles. The second-order valence-electron chi connectivity index (χ2n) is 4.22. The lowest BCUT2D eigenvalue weighted by Crippen LogP contribution is -2.34. The highest BCUT2D eigenvalue weighted by Crippen LogP contribution is 2.27. The van der Waals surface area contributed by atoms with Crippen molar-refractivity contribution in [3.63, 3.8) is 0 Å². The van der Waals surface area contributed by atoms with Crippen LogP contribution in [0.4, 0.5) is 15.8 Å². The van der Waals surface area contributed by atoms with Crippen molar-refractivity contribution < 1.29 is 8.81 Å². The van der Waals surface area contributed by atoms with E-state index >= 15 is 0 Å². The third-order valence-corrected chi connectivity index (χ3v) is 2.98. The molecule has 0 saturated carbocycles. The summed E-state index contributed by atoms with van der Waals surface area (Å²) in [5.74, 6) is -0.146. The maximum Gasteiger partial charge on any atom is 0.126 e. The number of nitrogens with one attached hydrogen (secondary N) is 2. The van der Waals surface area contributed by atoms with E-state index in [2.05, 4.69) is 10.6 Å². The average Bonchev–Trinajstić information content (AvgIpc) is 2.79. The summed E-state index contributed by atoms with van der Waals surface area (Å²) < 4.78 is 18.6. The van der Waals surface area contributed by atoms with E-state index in [4.69, 9.17) is 4.42 Å². The molecule has 1 aromatic carbocycles. The molecule has 88 valence electrons. The van der Waals surface area contributed by atoms with E-state index in [9.17, 15) is 4.39 Å². The minimum Gasteiger partial charge on any atom is -0.468 e. The zero-order chi connectivity index (χ0) is 11.7. The molecule has 2 N–H and O–H groups in total. The Morgan fingerprint density at radius 3 is 2.94 bits per heavy atom. The largest absolute Gasteiger partial charge is 0.468 e. The molecule has 2 heterocycles. The van der Waals surface area contributed by atoms with Crippen LogP contribution in [0.3, 0.4) is 0 Å². The lowest BCUT2D eigenvalue weighted by atomic mass is 10.0. The van der Waals surface area contributed by atoms with Crippen LogP contribution in [-0.4, -0.2) is 12.6 Å². The van der Waals surface area contributed by atoms with Gasteiger partial charge in [-0.25, -0.2) is 4.39 Å². The standard InChI is InChI=1S/C13H13FN2O/c14-11-4-2-1-3-9(11)5-10-6-15-12-7-17-8-13(12)16-10/h1-4,7-8,10,15-16H,5-6H2. The summed E-state index contributed by atoms with van der Waals surface area (Å²) in [5, 5.41) is 6.58. The highest BCUT2D eigenvalue weighted by Gasteiger charge is 2.19. The lowest BCUT2D eigenvalue weighted by Gasteiger charge is -2.25. The van der Waals surface area contributed by atoms with Gasteiger partial charge in [0.1, 0.15) is 18.3 Å². The van der Waals surface area contributed by atoms with Crippen LogP contribution < -0.4 is 10.6 Å². The fraction of sp³-hybridized carbons (Fsp3) is 0.231. The van der Waals surface area contributed by atoms with Gasteiger partial charge in [-0.15, -0.1) is 0 Å². The molecule has 0 bridgehead atoms. The van der Waals surface area contributed by atoms with E-state index in [1.54, 1.807) is 18.6 Å². The minimum absolute atomic E-state index is 0.146. The van der Waals surface area contributed by atoms with Crippen LogP contribution in [-0.2, 0) is 6.42 Å². The summed E-state index contributed by atoms with van der Waals surface area (Å²) in [6.45, 7) is 0.765. The quantitative estimate of drug-likeness (QED) is 0.836. The fourth-order valence-electron chi connectivity index (χ4n) is 2.10. The maximum atomic E-state index is 13.5. The van der Waals surface area contributed by atoms with Crippen molar-refractivity contribution in [3.05, 3.63) is 48.2 Å². The third kappa shape index (κ3) is 1.98. The molecule has 3 nitrogen and oxygen atoms in total. The zero-order valence-electron chi connectivity index (χ0n) is 9.24. The van der Waals surface area contributed by atoms with Gasteiger partial charge in [0.05, 0.1) is 11.4 Å². The molecule has 1 aliphatic rings. The predicted octanol–water partition coefficient (Wildman–Crippen LogP) is 2.87. The molecule has 2 aromatic rings. The summed E-state index contributed by atoms with van der Waals surface area (Å²) >= 11 is 0. The Hall–Kier alpha value is -1.97. The number of halogens is 1. The highest BCUT2D eigenvalue weighted by atomic mass is 19.1. The van der Waals surface area contributed by atoms with E-state index < -0.39 is 0 Å². The van der Waals surface area contributed by atoms with Crippen LogP contribution >= 0.6 is 0 Å².